The molecule has 2 aromatic rings. The third-order valence-electron chi connectivity index (χ3n) is 2.67. The first-order valence-corrected chi connectivity index (χ1v) is 7.47. The van der Waals surface area contributed by atoms with Crippen LogP contribution in [0.1, 0.15) is 11.1 Å². The molecule has 1 amide bonds. The van der Waals surface area contributed by atoms with E-state index in [1.165, 1.54) is 11.1 Å². The Bertz CT molecular complexity index is 499. The highest BCUT2D eigenvalue weighted by molar-refractivity contribution is 6.76. The van der Waals surface area contributed by atoms with Gasteiger partial charge in [-0.15, -0.1) is 0 Å². The maximum Gasteiger partial charge on any atom is 0.269 e. The SMILES string of the molecule is NC(=O)C(Cl)(Cl)Cl.c1ccc(CCc2ccccc2)cc1. The van der Waals surface area contributed by atoms with Crippen molar-refractivity contribution >= 4 is 40.7 Å². The van der Waals surface area contributed by atoms with Crippen LogP contribution in [0, 0.1) is 0 Å². The summed E-state index contributed by atoms with van der Waals surface area (Å²) >= 11 is 14.8. The smallest absolute Gasteiger partial charge is 0.269 e. The number of alkyl halides is 3. The highest BCUT2D eigenvalue weighted by atomic mass is 35.6. The summed E-state index contributed by atoms with van der Waals surface area (Å²) in [7, 11) is 0. The van der Waals surface area contributed by atoms with Crippen molar-refractivity contribution in [3.63, 3.8) is 0 Å². The molecular formula is C16H16Cl3NO. The highest BCUT2D eigenvalue weighted by Crippen LogP contribution is 2.24. The van der Waals surface area contributed by atoms with Crippen LogP contribution in [-0.2, 0) is 17.6 Å². The molecule has 0 saturated heterocycles. The molecule has 2 N–H and O–H groups in total. The van der Waals surface area contributed by atoms with Crippen LogP contribution < -0.4 is 5.73 Å². The van der Waals surface area contributed by atoms with E-state index >= 15 is 0 Å². The van der Waals surface area contributed by atoms with E-state index in [0.29, 0.717) is 0 Å². The molecule has 0 atom stereocenters. The van der Waals surface area contributed by atoms with Crippen molar-refractivity contribution in [2.75, 3.05) is 0 Å². The zero-order valence-electron chi connectivity index (χ0n) is 11.3. The Kier molecular flexibility index (Phi) is 7.58. The van der Waals surface area contributed by atoms with E-state index in [2.05, 4.69) is 66.4 Å². The zero-order valence-corrected chi connectivity index (χ0v) is 13.6. The Hall–Kier alpha value is -1.22. The Morgan fingerprint density at radius 1 is 0.810 bits per heavy atom. The summed E-state index contributed by atoms with van der Waals surface area (Å²) in [5, 5.41) is 0. The average Bonchev–Trinajstić information content (AvgIpc) is 2.47. The van der Waals surface area contributed by atoms with Gasteiger partial charge in [-0.3, -0.25) is 4.79 Å². The number of rotatable bonds is 3. The molecule has 0 aliphatic rings. The molecule has 112 valence electrons. The molecule has 2 aromatic carbocycles. The van der Waals surface area contributed by atoms with E-state index in [-0.39, 0.29) is 0 Å². The monoisotopic (exact) mass is 343 g/mol. The van der Waals surface area contributed by atoms with Crippen molar-refractivity contribution in [3.8, 4) is 0 Å². The van der Waals surface area contributed by atoms with Crippen LogP contribution in [0.3, 0.4) is 0 Å². The normalized spacial score (nSPS) is 10.4. The standard InChI is InChI=1S/C14H14.C2H2Cl3NO/c1-3-7-13(8-4-1)11-12-14-9-5-2-6-10-14;3-2(4,5)1(6)7/h1-10H,11-12H2;(H2,6,7). The molecular weight excluding hydrogens is 329 g/mol. The predicted molar refractivity (Wildman–Crippen MR) is 89.8 cm³/mol. The number of hydrogen-bond donors (Lipinski definition) is 1. The molecule has 0 aliphatic carbocycles. The van der Waals surface area contributed by atoms with Gasteiger partial charge in [0, 0.05) is 0 Å². The topological polar surface area (TPSA) is 43.1 Å². The van der Waals surface area contributed by atoms with Crippen LogP contribution in [0.5, 0.6) is 0 Å². The molecule has 0 saturated carbocycles. The molecule has 0 heterocycles. The Morgan fingerprint density at radius 2 is 1.10 bits per heavy atom. The molecule has 0 radical (unpaired) electrons. The minimum absolute atomic E-state index is 0.961. The molecule has 0 unspecified atom stereocenters. The van der Waals surface area contributed by atoms with Crippen molar-refractivity contribution in [1.29, 1.82) is 0 Å². The summed E-state index contributed by atoms with van der Waals surface area (Å²) in [6.07, 6.45) is 2.26. The second-order valence-electron chi connectivity index (χ2n) is 4.33. The van der Waals surface area contributed by atoms with Crippen molar-refractivity contribution < 1.29 is 4.79 Å². The van der Waals surface area contributed by atoms with Crippen molar-refractivity contribution in [2.24, 2.45) is 5.73 Å². The maximum absolute atomic E-state index is 9.85. The second-order valence-corrected chi connectivity index (χ2v) is 6.61. The van der Waals surface area contributed by atoms with E-state index in [1.54, 1.807) is 0 Å². The van der Waals surface area contributed by atoms with Crippen LogP contribution in [0.15, 0.2) is 60.7 Å². The van der Waals surface area contributed by atoms with Gasteiger partial charge < -0.3 is 5.73 Å². The molecule has 2 nitrogen and oxygen atoms in total. The number of primary amides is 1. The first-order chi connectivity index (χ1) is 9.89. The Morgan fingerprint density at radius 3 is 1.33 bits per heavy atom. The molecule has 0 spiro atoms. The lowest BCUT2D eigenvalue weighted by Gasteiger charge is -2.01. The fraction of sp³-hybridized carbons (Fsp3) is 0.188. The molecule has 0 aliphatic heterocycles. The molecule has 0 aromatic heterocycles. The number of benzene rings is 2. The van der Waals surface area contributed by atoms with Crippen LogP contribution in [-0.4, -0.2) is 9.70 Å². The summed E-state index contributed by atoms with van der Waals surface area (Å²) in [5.41, 5.74) is 7.36. The van der Waals surface area contributed by atoms with Crippen LogP contribution in [0.25, 0.3) is 0 Å². The lowest BCUT2D eigenvalue weighted by Crippen LogP contribution is -2.27. The van der Waals surface area contributed by atoms with Gasteiger partial charge in [-0.1, -0.05) is 95.5 Å². The lowest BCUT2D eigenvalue weighted by molar-refractivity contribution is -0.117. The van der Waals surface area contributed by atoms with E-state index in [4.69, 9.17) is 34.8 Å². The summed E-state index contributed by atoms with van der Waals surface area (Å²) in [4.78, 5) is 9.85. The van der Waals surface area contributed by atoms with Gasteiger partial charge in [-0.05, 0) is 24.0 Å². The van der Waals surface area contributed by atoms with E-state index in [1.807, 2.05) is 0 Å². The maximum atomic E-state index is 9.85. The number of carbonyl (C=O) groups excluding carboxylic acids is 1. The second kappa shape index (κ2) is 8.93. The first kappa shape index (κ1) is 17.8. The zero-order chi connectivity index (χ0) is 15.7. The third kappa shape index (κ3) is 7.96. The van der Waals surface area contributed by atoms with Crippen LogP contribution >= 0.6 is 34.8 Å². The number of nitrogens with two attached hydrogens (primary N) is 1. The summed E-state index contributed by atoms with van der Waals surface area (Å²) in [6, 6.07) is 21.2. The van der Waals surface area contributed by atoms with Gasteiger partial charge in [0.05, 0.1) is 0 Å². The van der Waals surface area contributed by atoms with Gasteiger partial charge in [0.2, 0.25) is 0 Å². The Balaban J connectivity index is 0.000000270. The van der Waals surface area contributed by atoms with Gasteiger partial charge in [0.1, 0.15) is 0 Å². The van der Waals surface area contributed by atoms with Gasteiger partial charge in [-0.25, -0.2) is 0 Å². The summed E-state index contributed by atoms with van der Waals surface area (Å²) in [5.74, 6) is -0.961. The fourth-order valence-corrected chi connectivity index (χ4v) is 1.58. The molecule has 2 rings (SSSR count). The minimum Gasteiger partial charge on any atom is -0.366 e. The van der Waals surface area contributed by atoms with E-state index in [9.17, 15) is 4.79 Å². The van der Waals surface area contributed by atoms with Gasteiger partial charge in [-0.2, -0.15) is 0 Å². The third-order valence-corrected chi connectivity index (χ3v) is 3.23. The molecule has 21 heavy (non-hydrogen) atoms. The number of carbonyl (C=O) groups is 1. The quantitative estimate of drug-likeness (QED) is 0.828. The number of hydrogen-bond acceptors (Lipinski definition) is 1. The highest BCUT2D eigenvalue weighted by Gasteiger charge is 2.26. The van der Waals surface area contributed by atoms with E-state index in [0.717, 1.165) is 12.8 Å². The summed E-state index contributed by atoms with van der Waals surface area (Å²) < 4.78 is -1.94. The van der Waals surface area contributed by atoms with Crippen molar-refractivity contribution in [2.45, 2.75) is 16.6 Å². The van der Waals surface area contributed by atoms with Gasteiger partial charge in [0.15, 0.2) is 0 Å². The van der Waals surface area contributed by atoms with E-state index < -0.39 is 9.70 Å². The molecule has 5 heteroatoms. The van der Waals surface area contributed by atoms with Crippen LogP contribution in [0.2, 0.25) is 0 Å². The van der Waals surface area contributed by atoms with Crippen molar-refractivity contribution in [3.05, 3.63) is 71.8 Å². The Labute approximate surface area is 139 Å². The van der Waals surface area contributed by atoms with Gasteiger partial charge in [0.25, 0.3) is 9.70 Å². The lowest BCUT2D eigenvalue weighted by atomic mass is 10.0. The first-order valence-electron chi connectivity index (χ1n) is 6.34. The largest absolute Gasteiger partial charge is 0.366 e. The van der Waals surface area contributed by atoms with Crippen molar-refractivity contribution in [1.82, 2.24) is 0 Å². The number of halogens is 3. The number of amides is 1. The van der Waals surface area contributed by atoms with Crippen LogP contribution in [0.4, 0.5) is 0 Å². The van der Waals surface area contributed by atoms with Gasteiger partial charge >= 0.3 is 0 Å². The molecule has 0 bridgehead atoms. The predicted octanol–water partition coefficient (Wildman–Crippen LogP) is 4.31. The fourth-order valence-electron chi connectivity index (χ4n) is 1.58. The number of aryl methyl sites for hydroxylation is 2. The average molecular weight is 345 g/mol. The summed E-state index contributed by atoms with van der Waals surface area (Å²) in [6.45, 7) is 0. The minimum atomic E-state index is -1.94. The molecule has 0 fully saturated rings.